The van der Waals surface area contributed by atoms with E-state index in [1.54, 1.807) is 4.90 Å². The SMILES string of the molecule is O=C([C@@H]1CCCO1)N1CCN(S(=O)(=O)c2ccccc2[N+](=O)[O-])CC1. The fraction of sp³-hybridized carbons (Fsp3) is 0.533. The van der Waals surface area contributed by atoms with Crippen LogP contribution in [0.3, 0.4) is 0 Å². The molecule has 2 aliphatic heterocycles. The van der Waals surface area contributed by atoms with Crippen LogP contribution in [0.2, 0.25) is 0 Å². The molecule has 25 heavy (non-hydrogen) atoms. The van der Waals surface area contributed by atoms with Gasteiger partial charge in [-0.05, 0) is 18.9 Å². The van der Waals surface area contributed by atoms with Crippen LogP contribution in [-0.2, 0) is 19.6 Å². The topological polar surface area (TPSA) is 110 Å². The third-order valence-electron chi connectivity index (χ3n) is 4.44. The van der Waals surface area contributed by atoms with E-state index in [0.29, 0.717) is 13.0 Å². The Hall–Kier alpha value is -2.04. The second-order valence-corrected chi connectivity index (χ2v) is 7.86. The smallest absolute Gasteiger partial charge is 0.289 e. The van der Waals surface area contributed by atoms with Crippen LogP contribution in [0.1, 0.15) is 12.8 Å². The Balaban J connectivity index is 1.72. The fourth-order valence-corrected chi connectivity index (χ4v) is 4.67. The Morgan fingerprint density at radius 2 is 1.88 bits per heavy atom. The van der Waals surface area contributed by atoms with Crippen LogP contribution in [0.25, 0.3) is 0 Å². The second kappa shape index (κ2) is 7.06. The van der Waals surface area contributed by atoms with Crippen LogP contribution in [0.5, 0.6) is 0 Å². The Labute approximate surface area is 145 Å². The quantitative estimate of drug-likeness (QED) is 0.568. The summed E-state index contributed by atoms with van der Waals surface area (Å²) in [5.41, 5.74) is -0.444. The lowest BCUT2D eigenvalue weighted by Gasteiger charge is -2.34. The summed E-state index contributed by atoms with van der Waals surface area (Å²) in [4.78, 5) is 24.0. The largest absolute Gasteiger partial charge is 0.368 e. The van der Waals surface area contributed by atoms with Crippen molar-refractivity contribution in [1.82, 2.24) is 9.21 Å². The number of carbonyl (C=O) groups excluding carboxylic acids is 1. The molecule has 9 nitrogen and oxygen atoms in total. The van der Waals surface area contributed by atoms with Crippen LogP contribution in [0, 0.1) is 10.1 Å². The molecule has 0 N–H and O–H groups in total. The average molecular weight is 369 g/mol. The highest BCUT2D eigenvalue weighted by Gasteiger charge is 2.36. The van der Waals surface area contributed by atoms with E-state index >= 15 is 0 Å². The van der Waals surface area contributed by atoms with Gasteiger partial charge in [0, 0.05) is 38.9 Å². The molecule has 0 aromatic heterocycles. The van der Waals surface area contributed by atoms with E-state index in [0.717, 1.165) is 6.42 Å². The minimum absolute atomic E-state index is 0.104. The van der Waals surface area contributed by atoms with E-state index in [1.165, 1.54) is 28.6 Å². The fourth-order valence-electron chi connectivity index (χ4n) is 3.09. The molecule has 2 aliphatic rings. The number of ether oxygens (including phenoxy) is 1. The summed E-state index contributed by atoms with van der Waals surface area (Å²) in [6.45, 7) is 1.28. The Morgan fingerprint density at radius 1 is 1.20 bits per heavy atom. The highest BCUT2D eigenvalue weighted by molar-refractivity contribution is 7.89. The van der Waals surface area contributed by atoms with Crippen molar-refractivity contribution in [3.63, 3.8) is 0 Å². The van der Waals surface area contributed by atoms with Gasteiger partial charge in [-0.3, -0.25) is 14.9 Å². The number of rotatable bonds is 4. The van der Waals surface area contributed by atoms with E-state index in [2.05, 4.69) is 0 Å². The van der Waals surface area contributed by atoms with Crippen LogP contribution in [0.15, 0.2) is 29.2 Å². The first-order valence-electron chi connectivity index (χ1n) is 8.05. The number of para-hydroxylation sites is 1. The number of carbonyl (C=O) groups is 1. The number of benzene rings is 1. The van der Waals surface area contributed by atoms with Gasteiger partial charge in [0.25, 0.3) is 11.6 Å². The highest BCUT2D eigenvalue weighted by Crippen LogP contribution is 2.27. The van der Waals surface area contributed by atoms with Gasteiger partial charge in [0.1, 0.15) is 6.10 Å². The molecule has 0 radical (unpaired) electrons. The van der Waals surface area contributed by atoms with Gasteiger partial charge in [0.15, 0.2) is 4.90 Å². The van der Waals surface area contributed by atoms with Crippen molar-refractivity contribution in [2.75, 3.05) is 32.8 Å². The van der Waals surface area contributed by atoms with Gasteiger partial charge in [-0.1, -0.05) is 12.1 Å². The number of nitrogens with zero attached hydrogens (tertiary/aromatic N) is 3. The van der Waals surface area contributed by atoms with E-state index in [4.69, 9.17) is 4.74 Å². The van der Waals surface area contributed by atoms with Gasteiger partial charge in [-0.15, -0.1) is 0 Å². The summed E-state index contributed by atoms with van der Waals surface area (Å²) >= 11 is 0. The second-order valence-electron chi connectivity index (χ2n) is 5.96. The maximum atomic E-state index is 12.7. The lowest BCUT2D eigenvalue weighted by Crippen LogP contribution is -2.52. The lowest BCUT2D eigenvalue weighted by atomic mass is 10.2. The van der Waals surface area contributed by atoms with Crippen molar-refractivity contribution in [3.05, 3.63) is 34.4 Å². The van der Waals surface area contributed by atoms with Gasteiger partial charge in [-0.25, -0.2) is 8.42 Å². The molecule has 1 aromatic carbocycles. The van der Waals surface area contributed by atoms with Crippen molar-refractivity contribution in [2.45, 2.75) is 23.8 Å². The number of nitro benzene ring substituents is 1. The van der Waals surface area contributed by atoms with Crippen molar-refractivity contribution in [2.24, 2.45) is 0 Å². The number of hydrogen-bond donors (Lipinski definition) is 0. The predicted octanol–water partition coefficient (Wildman–Crippen LogP) is 0.607. The molecule has 0 saturated carbocycles. The first-order chi connectivity index (χ1) is 11.9. The minimum Gasteiger partial charge on any atom is -0.368 e. The van der Waals surface area contributed by atoms with E-state index < -0.39 is 26.7 Å². The number of nitro groups is 1. The van der Waals surface area contributed by atoms with Crippen molar-refractivity contribution < 1.29 is 22.9 Å². The summed E-state index contributed by atoms with van der Waals surface area (Å²) in [6, 6.07) is 5.29. The maximum absolute atomic E-state index is 12.7. The van der Waals surface area contributed by atoms with E-state index in [1.807, 2.05) is 0 Å². The molecule has 0 aliphatic carbocycles. The Morgan fingerprint density at radius 3 is 2.48 bits per heavy atom. The molecule has 2 fully saturated rings. The Bertz CT molecular complexity index is 767. The number of hydrogen-bond acceptors (Lipinski definition) is 6. The molecule has 2 heterocycles. The summed E-state index contributed by atoms with van der Waals surface area (Å²) in [5, 5.41) is 11.1. The molecular weight excluding hydrogens is 350 g/mol. The Kier molecular flexibility index (Phi) is 5.02. The molecule has 2 saturated heterocycles. The van der Waals surface area contributed by atoms with Crippen LogP contribution in [0.4, 0.5) is 5.69 Å². The zero-order chi connectivity index (χ0) is 18.0. The molecule has 1 atom stereocenters. The minimum atomic E-state index is -3.98. The van der Waals surface area contributed by atoms with Crippen molar-refractivity contribution in [3.8, 4) is 0 Å². The van der Waals surface area contributed by atoms with E-state index in [-0.39, 0.29) is 37.0 Å². The molecule has 0 unspecified atom stereocenters. The maximum Gasteiger partial charge on any atom is 0.289 e. The molecule has 10 heteroatoms. The molecular formula is C15H19N3O6S. The average Bonchev–Trinajstić information content (AvgIpc) is 3.16. The van der Waals surface area contributed by atoms with Gasteiger partial charge in [-0.2, -0.15) is 4.31 Å². The van der Waals surface area contributed by atoms with Crippen molar-refractivity contribution in [1.29, 1.82) is 0 Å². The number of sulfonamides is 1. The molecule has 136 valence electrons. The molecule has 1 amide bonds. The normalized spacial score (nSPS) is 22.1. The summed E-state index contributed by atoms with van der Waals surface area (Å²) in [7, 11) is -3.98. The monoisotopic (exact) mass is 369 g/mol. The van der Waals surface area contributed by atoms with Crippen LogP contribution >= 0.6 is 0 Å². The van der Waals surface area contributed by atoms with Gasteiger partial charge >= 0.3 is 0 Å². The first kappa shape index (κ1) is 17.8. The molecule has 3 rings (SSSR count). The summed E-state index contributed by atoms with van der Waals surface area (Å²) in [6.07, 6.45) is 1.11. The third kappa shape index (κ3) is 3.51. The predicted molar refractivity (Wildman–Crippen MR) is 87.4 cm³/mol. The summed E-state index contributed by atoms with van der Waals surface area (Å²) < 4.78 is 32.0. The number of amides is 1. The number of piperazine rings is 1. The van der Waals surface area contributed by atoms with Crippen molar-refractivity contribution >= 4 is 21.6 Å². The lowest BCUT2D eigenvalue weighted by molar-refractivity contribution is -0.387. The first-order valence-corrected chi connectivity index (χ1v) is 9.49. The highest BCUT2D eigenvalue weighted by atomic mass is 32.2. The third-order valence-corrected chi connectivity index (χ3v) is 6.38. The van der Waals surface area contributed by atoms with Gasteiger partial charge in [0.2, 0.25) is 10.0 Å². The summed E-state index contributed by atoms with van der Waals surface area (Å²) in [5.74, 6) is -0.111. The zero-order valence-electron chi connectivity index (χ0n) is 13.5. The van der Waals surface area contributed by atoms with Gasteiger partial charge in [0.05, 0.1) is 4.92 Å². The standard InChI is InChI=1S/C15H19N3O6S/c19-15(13-5-3-11-24-13)16-7-9-17(10-8-16)25(22,23)14-6-2-1-4-12(14)18(20)21/h1-2,4,6,13H,3,5,7-11H2/t13-/m0/s1. The van der Waals surface area contributed by atoms with Crippen LogP contribution in [-0.4, -0.2) is 67.3 Å². The molecule has 1 aromatic rings. The van der Waals surface area contributed by atoms with Crippen LogP contribution < -0.4 is 0 Å². The molecule has 0 bridgehead atoms. The zero-order valence-corrected chi connectivity index (χ0v) is 14.4. The van der Waals surface area contributed by atoms with Gasteiger partial charge < -0.3 is 9.64 Å². The molecule has 0 spiro atoms. The van der Waals surface area contributed by atoms with E-state index in [9.17, 15) is 23.3 Å².